The molecule has 1 aliphatic carbocycles. The molecule has 1 N–H and O–H groups in total. The highest BCUT2D eigenvalue weighted by Gasteiger charge is 2.30. The van der Waals surface area contributed by atoms with E-state index in [1.54, 1.807) is 24.5 Å². The van der Waals surface area contributed by atoms with Gasteiger partial charge in [-0.05, 0) is 54.8 Å². The van der Waals surface area contributed by atoms with Gasteiger partial charge < -0.3 is 10.2 Å². The Hall–Kier alpha value is -1.72. The molecule has 5 heteroatoms. The van der Waals surface area contributed by atoms with Crippen LogP contribution in [0.2, 0.25) is 0 Å². The predicted molar refractivity (Wildman–Crippen MR) is 91.7 cm³/mol. The molecule has 4 rings (SSSR count). The quantitative estimate of drug-likeness (QED) is 0.942. The lowest BCUT2D eigenvalue weighted by Gasteiger charge is -2.27. The number of likely N-dealkylation sites (tertiary alicyclic amines) is 1. The fraction of sp³-hybridized carbons (Fsp3) is 0.444. The molecule has 1 aliphatic heterocycles. The molecule has 2 aliphatic rings. The van der Waals surface area contributed by atoms with Gasteiger partial charge in [0.25, 0.3) is 5.91 Å². The van der Waals surface area contributed by atoms with Gasteiger partial charge in [-0.1, -0.05) is 0 Å². The van der Waals surface area contributed by atoms with Gasteiger partial charge in [0.15, 0.2) is 0 Å². The molecule has 2 aromatic rings. The fourth-order valence-corrected chi connectivity index (χ4v) is 4.69. The average Bonchev–Trinajstić information content (AvgIpc) is 3.25. The van der Waals surface area contributed by atoms with E-state index in [2.05, 4.69) is 21.7 Å². The fourth-order valence-electron chi connectivity index (χ4n) is 3.70. The van der Waals surface area contributed by atoms with Crippen LogP contribution in [0.15, 0.2) is 36.0 Å². The minimum Gasteiger partial charge on any atom is -0.337 e. The lowest BCUT2D eigenvalue weighted by molar-refractivity contribution is 0.0788. The van der Waals surface area contributed by atoms with Crippen LogP contribution in [-0.4, -0.2) is 34.9 Å². The van der Waals surface area contributed by atoms with Gasteiger partial charge in [-0.25, -0.2) is 0 Å². The Morgan fingerprint density at radius 2 is 2.13 bits per heavy atom. The highest BCUT2D eigenvalue weighted by molar-refractivity contribution is 7.10. The van der Waals surface area contributed by atoms with Crippen molar-refractivity contribution >= 4 is 17.2 Å². The molecule has 1 fully saturated rings. The highest BCUT2D eigenvalue weighted by Crippen LogP contribution is 2.34. The van der Waals surface area contributed by atoms with Crippen LogP contribution in [0.5, 0.6) is 0 Å². The number of nitrogens with zero attached hydrogens (tertiary/aromatic N) is 2. The molecular formula is C18H21N3OS. The topological polar surface area (TPSA) is 45.2 Å². The monoisotopic (exact) mass is 327 g/mol. The number of nitrogens with one attached hydrogen (secondary N) is 1. The standard InChI is InChI=1S/C18H21N3OS/c22-18(13-4-8-19-9-5-13)21-10-6-14(12-21)20-16-2-1-3-17-15(16)7-11-23-17/h4-5,7-9,11,14,16,20H,1-3,6,10,12H2. The van der Waals surface area contributed by atoms with Gasteiger partial charge in [-0.2, -0.15) is 0 Å². The summed E-state index contributed by atoms with van der Waals surface area (Å²) in [7, 11) is 0. The van der Waals surface area contributed by atoms with Gasteiger partial charge >= 0.3 is 0 Å². The second-order valence-corrected chi connectivity index (χ2v) is 7.38. The molecule has 2 unspecified atom stereocenters. The summed E-state index contributed by atoms with van der Waals surface area (Å²) in [5, 5.41) is 6.00. The van der Waals surface area contributed by atoms with E-state index in [0.29, 0.717) is 12.1 Å². The molecule has 2 atom stereocenters. The van der Waals surface area contributed by atoms with Crippen molar-refractivity contribution in [2.45, 2.75) is 37.8 Å². The molecule has 0 aromatic carbocycles. The number of pyridine rings is 1. The number of hydrogen-bond donors (Lipinski definition) is 1. The summed E-state index contributed by atoms with van der Waals surface area (Å²) in [4.78, 5) is 20.0. The lowest BCUT2D eigenvalue weighted by Crippen LogP contribution is -2.38. The van der Waals surface area contributed by atoms with Gasteiger partial charge in [-0.15, -0.1) is 11.3 Å². The normalized spacial score (nSPS) is 23.7. The number of fused-ring (bicyclic) bond motifs is 1. The zero-order chi connectivity index (χ0) is 15.6. The third-order valence-corrected chi connectivity index (χ3v) is 5.89. The highest BCUT2D eigenvalue weighted by atomic mass is 32.1. The van der Waals surface area contributed by atoms with Crippen molar-refractivity contribution in [1.29, 1.82) is 0 Å². The van der Waals surface area contributed by atoms with E-state index in [1.165, 1.54) is 29.7 Å². The summed E-state index contributed by atoms with van der Waals surface area (Å²) in [6.07, 6.45) is 8.09. The van der Waals surface area contributed by atoms with Crippen LogP contribution in [0.1, 0.15) is 46.1 Å². The van der Waals surface area contributed by atoms with Gasteiger partial charge in [0, 0.05) is 48.0 Å². The van der Waals surface area contributed by atoms with Crippen molar-refractivity contribution in [3.8, 4) is 0 Å². The van der Waals surface area contributed by atoms with Crippen LogP contribution in [0.4, 0.5) is 0 Å². The van der Waals surface area contributed by atoms with Gasteiger partial charge in [-0.3, -0.25) is 9.78 Å². The number of thiophene rings is 1. The molecule has 2 aromatic heterocycles. The first-order chi connectivity index (χ1) is 11.3. The van der Waals surface area contributed by atoms with Crippen molar-refractivity contribution in [2.75, 3.05) is 13.1 Å². The zero-order valence-corrected chi connectivity index (χ0v) is 13.9. The Labute approximate surface area is 140 Å². The maximum atomic E-state index is 12.5. The molecule has 4 nitrogen and oxygen atoms in total. The maximum Gasteiger partial charge on any atom is 0.254 e. The van der Waals surface area contributed by atoms with Crippen molar-refractivity contribution < 1.29 is 4.79 Å². The van der Waals surface area contributed by atoms with E-state index in [0.717, 1.165) is 25.1 Å². The molecule has 0 saturated carbocycles. The van der Waals surface area contributed by atoms with Crippen molar-refractivity contribution in [2.24, 2.45) is 0 Å². The zero-order valence-electron chi connectivity index (χ0n) is 13.1. The van der Waals surface area contributed by atoms with E-state index in [4.69, 9.17) is 0 Å². The van der Waals surface area contributed by atoms with E-state index in [9.17, 15) is 4.79 Å². The maximum absolute atomic E-state index is 12.5. The van der Waals surface area contributed by atoms with E-state index < -0.39 is 0 Å². The molecule has 1 saturated heterocycles. The number of carbonyl (C=O) groups is 1. The molecule has 0 spiro atoms. The average molecular weight is 327 g/mol. The van der Waals surface area contributed by atoms with Crippen LogP contribution in [0, 0.1) is 0 Å². The molecular weight excluding hydrogens is 306 g/mol. The Morgan fingerprint density at radius 3 is 3.00 bits per heavy atom. The summed E-state index contributed by atoms with van der Waals surface area (Å²) in [5.41, 5.74) is 2.22. The van der Waals surface area contributed by atoms with Gasteiger partial charge in [0.1, 0.15) is 0 Å². The first-order valence-corrected chi connectivity index (χ1v) is 9.21. The molecule has 3 heterocycles. The van der Waals surface area contributed by atoms with Crippen LogP contribution in [0.25, 0.3) is 0 Å². The first-order valence-electron chi connectivity index (χ1n) is 8.33. The minimum atomic E-state index is 0.122. The molecule has 0 bridgehead atoms. The molecule has 23 heavy (non-hydrogen) atoms. The van der Waals surface area contributed by atoms with Gasteiger partial charge in [0.2, 0.25) is 0 Å². The van der Waals surface area contributed by atoms with E-state index >= 15 is 0 Å². The van der Waals surface area contributed by atoms with E-state index in [1.807, 2.05) is 16.2 Å². The van der Waals surface area contributed by atoms with Crippen molar-refractivity contribution in [3.05, 3.63) is 52.0 Å². The largest absolute Gasteiger partial charge is 0.337 e. The van der Waals surface area contributed by atoms with Gasteiger partial charge in [0.05, 0.1) is 0 Å². The number of hydrogen-bond acceptors (Lipinski definition) is 4. The minimum absolute atomic E-state index is 0.122. The second-order valence-electron chi connectivity index (χ2n) is 6.38. The number of amides is 1. The van der Waals surface area contributed by atoms with E-state index in [-0.39, 0.29) is 5.91 Å². The predicted octanol–water partition coefficient (Wildman–Crippen LogP) is 3.02. The summed E-state index contributed by atoms with van der Waals surface area (Å²) in [6, 6.07) is 6.72. The van der Waals surface area contributed by atoms with Crippen LogP contribution in [0.3, 0.4) is 0 Å². The third kappa shape index (κ3) is 3.03. The Kier molecular flexibility index (Phi) is 4.14. The molecule has 120 valence electrons. The first kappa shape index (κ1) is 14.8. The van der Waals surface area contributed by atoms with Crippen LogP contribution >= 0.6 is 11.3 Å². The Balaban J connectivity index is 1.39. The number of rotatable bonds is 3. The lowest BCUT2D eigenvalue weighted by atomic mass is 9.93. The van der Waals surface area contributed by atoms with Crippen molar-refractivity contribution in [1.82, 2.24) is 15.2 Å². The molecule has 1 amide bonds. The van der Waals surface area contributed by atoms with Crippen LogP contribution < -0.4 is 5.32 Å². The molecule has 0 radical (unpaired) electrons. The smallest absolute Gasteiger partial charge is 0.254 e. The summed E-state index contributed by atoms with van der Waals surface area (Å²) in [6.45, 7) is 1.64. The Bertz CT molecular complexity index is 685. The Morgan fingerprint density at radius 1 is 1.26 bits per heavy atom. The van der Waals surface area contributed by atoms with Crippen molar-refractivity contribution in [3.63, 3.8) is 0 Å². The SMILES string of the molecule is O=C(c1ccncc1)N1CCC(NC2CCCc3sccc32)C1. The summed E-state index contributed by atoms with van der Waals surface area (Å²) >= 11 is 1.88. The van der Waals surface area contributed by atoms with Crippen LogP contribution in [-0.2, 0) is 6.42 Å². The number of aryl methyl sites for hydroxylation is 1. The number of aromatic nitrogens is 1. The second kappa shape index (κ2) is 6.42. The third-order valence-electron chi connectivity index (χ3n) is 4.89. The number of carbonyl (C=O) groups excluding carboxylic acids is 1. The summed E-state index contributed by atoms with van der Waals surface area (Å²) < 4.78 is 0. The summed E-state index contributed by atoms with van der Waals surface area (Å²) in [5.74, 6) is 0.122.